The first-order valence-electron chi connectivity index (χ1n) is 9.90. The Morgan fingerprint density at radius 2 is 1.47 bits per heavy atom. The first-order valence-corrected chi connectivity index (χ1v) is 11.3. The highest BCUT2D eigenvalue weighted by Gasteiger charge is 2.28. The molecule has 5 nitrogen and oxygen atoms in total. The maximum absolute atomic E-state index is 13.4. The zero-order valence-electron chi connectivity index (χ0n) is 17.2. The molecular weight excluding hydrogens is 396 g/mol. The number of anilines is 1. The standard InChI is InChI=1S/C24H26N2O3S/c1-3-20-12-9-10-16-23(20)26(30(28,29)22-14-5-4-6-15-22)18-24(27)25-17-21-13-8-7-11-19(21)2/h4-16H,3,17-18H2,1-2H3,(H,25,27). The van der Waals surface area contributed by atoms with Crippen molar-refractivity contribution in [3.63, 3.8) is 0 Å². The van der Waals surface area contributed by atoms with Crippen molar-refractivity contribution >= 4 is 21.6 Å². The molecule has 0 aromatic heterocycles. The Kier molecular flexibility index (Phi) is 6.90. The molecule has 30 heavy (non-hydrogen) atoms. The zero-order valence-corrected chi connectivity index (χ0v) is 18.0. The molecule has 0 aliphatic carbocycles. The van der Waals surface area contributed by atoms with Crippen molar-refractivity contribution in [1.82, 2.24) is 5.32 Å². The fourth-order valence-corrected chi connectivity index (χ4v) is 4.74. The smallest absolute Gasteiger partial charge is 0.264 e. The molecule has 6 heteroatoms. The average molecular weight is 423 g/mol. The summed E-state index contributed by atoms with van der Waals surface area (Å²) in [5, 5.41) is 2.86. The summed E-state index contributed by atoms with van der Waals surface area (Å²) in [5.74, 6) is -0.358. The van der Waals surface area contributed by atoms with Gasteiger partial charge in [-0.1, -0.05) is 67.6 Å². The van der Waals surface area contributed by atoms with E-state index in [0.717, 1.165) is 16.7 Å². The molecule has 0 aliphatic heterocycles. The average Bonchev–Trinajstić information content (AvgIpc) is 2.77. The lowest BCUT2D eigenvalue weighted by Crippen LogP contribution is -2.41. The maximum atomic E-state index is 13.4. The highest BCUT2D eigenvalue weighted by molar-refractivity contribution is 7.92. The van der Waals surface area contributed by atoms with E-state index in [-0.39, 0.29) is 17.3 Å². The molecule has 3 rings (SSSR count). The number of hydrogen-bond acceptors (Lipinski definition) is 3. The number of aryl methyl sites for hydroxylation is 2. The summed E-state index contributed by atoms with van der Waals surface area (Å²) >= 11 is 0. The first kappa shape index (κ1) is 21.6. The third kappa shape index (κ3) is 4.89. The van der Waals surface area contributed by atoms with Crippen LogP contribution in [0.25, 0.3) is 0 Å². The molecule has 1 N–H and O–H groups in total. The Morgan fingerprint density at radius 1 is 0.867 bits per heavy atom. The minimum absolute atomic E-state index is 0.155. The number of sulfonamides is 1. The molecule has 0 radical (unpaired) electrons. The summed E-state index contributed by atoms with van der Waals surface area (Å²) in [4.78, 5) is 12.9. The molecule has 0 heterocycles. The van der Waals surface area contributed by atoms with E-state index in [1.165, 1.54) is 4.31 Å². The third-order valence-corrected chi connectivity index (χ3v) is 6.77. The molecule has 1 amide bonds. The molecular formula is C24H26N2O3S. The first-order chi connectivity index (χ1) is 14.4. The van der Waals surface area contributed by atoms with E-state index in [1.807, 2.05) is 50.2 Å². The number of carbonyl (C=O) groups excluding carboxylic acids is 1. The normalized spacial score (nSPS) is 11.1. The van der Waals surface area contributed by atoms with Crippen LogP contribution in [0, 0.1) is 6.92 Å². The lowest BCUT2D eigenvalue weighted by molar-refractivity contribution is -0.119. The predicted molar refractivity (Wildman–Crippen MR) is 120 cm³/mol. The van der Waals surface area contributed by atoms with Crippen molar-refractivity contribution in [2.75, 3.05) is 10.8 Å². The molecule has 0 unspecified atom stereocenters. The molecule has 0 saturated carbocycles. The molecule has 0 spiro atoms. The minimum Gasteiger partial charge on any atom is -0.350 e. The van der Waals surface area contributed by atoms with Crippen LogP contribution in [-0.2, 0) is 27.8 Å². The van der Waals surface area contributed by atoms with Crippen molar-refractivity contribution in [1.29, 1.82) is 0 Å². The predicted octanol–water partition coefficient (Wildman–Crippen LogP) is 4.07. The molecule has 0 bridgehead atoms. The highest BCUT2D eigenvalue weighted by atomic mass is 32.2. The molecule has 3 aromatic carbocycles. The summed E-state index contributed by atoms with van der Waals surface area (Å²) in [6.07, 6.45) is 0.655. The minimum atomic E-state index is -3.90. The number of benzene rings is 3. The second kappa shape index (κ2) is 9.59. The Balaban J connectivity index is 1.90. The number of carbonyl (C=O) groups is 1. The van der Waals surface area contributed by atoms with Crippen LogP contribution in [0.4, 0.5) is 5.69 Å². The summed E-state index contributed by atoms with van der Waals surface area (Å²) < 4.78 is 28.0. The van der Waals surface area contributed by atoms with Gasteiger partial charge >= 0.3 is 0 Å². The monoisotopic (exact) mass is 422 g/mol. The van der Waals surface area contributed by atoms with Crippen LogP contribution in [0.15, 0.2) is 83.8 Å². The van der Waals surface area contributed by atoms with E-state index < -0.39 is 10.0 Å². The third-order valence-electron chi connectivity index (χ3n) is 5.00. The molecule has 3 aromatic rings. The number of rotatable bonds is 8. The summed E-state index contributed by atoms with van der Waals surface area (Å²) in [5.41, 5.74) is 3.46. The van der Waals surface area contributed by atoms with Crippen LogP contribution >= 0.6 is 0 Å². The zero-order chi connectivity index (χ0) is 21.6. The van der Waals surface area contributed by atoms with Gasteiger partial charge in [0.2, 0.25) is 5.91 Å². The van der Waals surface area contributed by atoms with Gasteiger partial charge in [-0.2, -0.15) is 0 Å². The number of para-hydroxylation sites is 1. The van der Waals surface area contributed by atoms with Crippen LogP contribution < -0.4 is 9.62 Å². The van der Waals surface area contributed by atoms with Gasteiger partial charge in [0, 0.05) is 6.54 Å². The van der Waals surface area contributed by atoms with Gasteiger partial charge in [-0.25, -0.2) is 8.42 Å². The largest absolute Gasteiger partial charge is 0.350 e. The Morgan fingerprint density at radius 3 is 2.13 bits per heavy atom. The molecule has 0 atom stereocenters. The SMILES string of the molecule is CCc1ccccc1N(CC(=O)NCc1ccccc1C)S(=O)(=O)c1ccccc1. The molecule has 0 fully saturated rings. The van der Waals surface area contributed by atoms with Crippen molar-refractivity contribution in [2.45, 2.75) is 31.7 Å². The van der Waals surface area contributed by atoms with Gasteiger partial charge in [0.1, 0.15) is 6.54 Å². The van der Waals surface area contributed by atoms with Crippen molar-refractivity contribution in [2.24, 2.45) is 0 Å². The Labute approximate surface area is 178 Å². The van der Waals surface area contributed by atoms with E-state index in [2.05, 4.69) is 5.32 Å². The van der Waals surface area contributed by atoms with E-state index in [1.54, 1.807) is 42.5 Å². The van der Waals surface area contributed by atoms with Crippen LogP contribution in [0.1, 0.15) is 23.6 Å². The van der Waals surface area contributed by atoms with E-state index >= 15 is 0 Å². The van der Waals surface area contributed by atoms with Crippen molar-refractivity contribution in [3.8, 4) is 0 Å². The number of hydrogen-bond donors (Lipinski definition) is 1. The highest BCUT2D eigenvalue weighted by Crippen LogP contribution is 2.27. The fourth-order valence-electron chi connectivity index (χ4n) is 3.26. The summed E-state index contributed by atoms with van der Waals surface area (Å²) in [7, 11) is -3.90. The molecule has 0 saturated heterocycles. The van der Waals surface area contributed by atoms with Gasteiger partial charge < -0.3 is 5.32 Å². The lowest BCUT2D eigenvalue weighted by Gasteiger charge is -2.26. The second-order valence-corrected chi connectivity index (χ2v) is 8.87. The quantitative estimate of drug-likeness (QED) is 0.595. The van der Waals surface area contributed by atoms with Crippen LogP contribution in [-0.4, -0.2) is 20.9 Å². The van der Waals surface area contributed by atoms with E-state index in [9.17, 15) is 13.2 Å². The lowest BCUT2D eigenvalue weighted by atomic mass is 10.1. The Hall–Kier alpha value is -3.12. The number of amides is 1. The van der Waals surface area contributed by atoms with Crippen LogP contribution in [0.2, 0.25) is 0 Å². The van der Waals surface area contributed by atoms with Gasteiger partial charge in [0.05, 0.1) is 10.6 Å². The van der Waals surface area contributed by atoms with E-state index in [4.69, 9.17) is 0 Å². The van der Waals surface area contributed by atoms with Gasteiger partial charge in [-0.3, -0.25) is 9.10 Å². The number of nitrogens with one attached hydrogen (secondary N) is 1. The van der Waals surface area contributed by atoms with Gasteiger partial charge in [0.25, 0.3) is 10.0 Å². The van der Waals surface area contributed by atoms with Gasteiger partial charge in [0.15, 0.2) is 0 Å². The van der Waals surface area contributed by atoms with Crippen LogP contribution in [0.5, 0.6) is 0 Å². The maximum Gasteiger partial charge on any atom is 0.264 e. The summed E-state index contributed by atoms with van der Waals surface area (Å²) in [6, 6.07) is 23.3. The fraction of sp³-hybridized carbons (Fsp3) is 0.208. The molecule has 156 valence electrons. The van der Waals surface area contributed by atoms with Gasteiger partial charge in [-0.05, 0) is 48.2 Å². The van der Waals surface area contributed by atoms with Crippen LogP contribution in [0.3, 0.4) is 0 Å². The Bertz CT molecular complexity index is 1110. The van der Waals surface area contributed by atoms with E-state index in [0.29, 0.717) is 18.7 Å². The second-order valence-electron chi connectivity index (χ2n) is 7.01. The van der Waals surface area contributed by atoms with Crippen molar-refractivity contribution < 1.29 is 13.2 Å². The summed E-state index contributed by atoms with van der Waals surface area (Å²) in [6.45, 7) is 4.00. The van der Waals surface area contributed by atoms with Crippen molar-refractivity contribution in [3.05, 3.63) is 95.6 Å². The topological polar surface area (TPSA) is 66.5 Å². The van der Waals surface area contributed by atoms with Gasteiger partial charge in [-0.15, -0.1) is 0 Å². The molecule has 0 aliphatic rings. The number of nitrogens with zero attached hydrogens (tertiary/aromatic N) is 1.